The van der Waals surface area contributed by atoms with Crippen molar-refractivity contribution in [3.8, 4) is 5.88 Å². The summed E-state index contributed by atoms with van der Waals surface area (Å²) in [4.78, 5) is 8.04. The fourth-order valence-corrected chi connectivity index (χ4v) is 1.91. The van der Waals surface area contributed by atoms with Crippen LogP contribution in [0.4, 0.5) is 11.5 Å². The fourth-order valence-electron chi connectivity index (χ4n) is 1.91. The summed E-state index contributed by atoms with van der Waals surface area (Å²) in [6.45, 7) is 2.77. The van der Waals surface area contributed by atoms with Crippen LogP contribution in [0.15, 0.2) is 6.33 Å². The molecule has 1 saturated carbocycles. The van der Waals surface area contributed by atoms with Crippen molar-refractivity contribution >= 4 is 11.5 Å². The maximum atomic E-state index is 5.87. The van der Waals surface area contributed by atoms with Gasteiger partial charge in [0.1, 0.15) is 12.0 Å². The molecule has 0 amide bonds. The number of nitrogens with two attached hydrogens (primary N) is 1. The zero-order valence-electron chi connectivity index (χ0n) is 10.1. The highest BCUT2D eigenvalue weighted by atomic mass is 16.5. The van der Waals surface area contributed by atoms with Crippen molar-refractivity contribution < 1.29 is 9.47 Å². The third kappa shape index (κ3) is 2.58. The summed E-state index contributed by atoms with van der Waals surface area (Å²) >= 11 is 0. The predicted octanol–water partition coefficient (Wildman–Crippen LogP) is 1.05. The molecule has 1 aromatic rings. The van der Waals surface area contributed by atoms with E-state index in [2.05, 4.69) is 15.3 Å². The molecular formula is C11H18N4O2. The molecular weight excluding hydrogens is 220 g/mol. The van der Waals surface area contributed by atoms with E-state index in [-0.39, 0.29) is 0 Å². The first kappa shape index (κ1) is 11.9. The molecule has 6 nitrogen and oxygen atoms in total. The first-order valence-electron chi connectivity index (χ1n) is 5.77. The molecule has 94 valence electrons. The summed E-state index contributed by atoms with van der Waals surface area (Å²) in [5.74, 6) is 1.04. The molecule has 17 heavy (non-hydrogen) atoms. The van der Waals surface area contributed by atoms with Gasteiger partial charge in [-0.15, -0.1) is 0 Å². The van der Waals surface area contributed by atoms with E-state index in [0.717, 1.165) is 19.4 Å². The van der Waals surface area contributed by atoms with Crippen LogP contribution >= 0.6 is 0 Å². The molecule has 0 unspecified atom stereocenters. The molecule has 1 fully saturated rings. The van der Waals surface area contributed by atoms with Gasteiger partial charge >= 0.3 is 0 Å². The Morgan fingerprint density at radius 1 is 1.47 bits per heavy atom. The number of rotatable bonds is 5. The Morgan fingerprint density at radius 2 is 2.24 bits per heavy atom. The van der Waals surface area contributed by atoms with Gasteiger partial charge in [-0.05, 0) is 19.8 Å². The van der Waals surface area contributed by atoms with Crippen LogP contribution in [0.1, 0.15) is 19.8 Å². The van der Waals surface area contributed by atoms with Gasteiger partial charge in [-0.3, -0.25) is 0 Å². The number of nitrogens with one attached hydrogen (secondary N) is 1. The molecule has 0 bridgehead atoms. The van der Waals surface area contributed by atoms with E-state index in [1.54, 1.807) is 0 Å². The van der Waals surface area contributed by atoms with Crippen molar-refractivity contribution in [2.45, 2.75) is 31.9 Å². The van der Waals surface area contributed by atoms with Crippen LogP contribution in [-0.2, 0) is 4.74 Å². The number of hydrogen-bond acceptors (Lipinski definition) is 6. The Morgan fingerprint density at radius 3 is 2.88 bits per heavy atom. The molecule has 0 spiro atoms. The summed E-state index contributed by atoms with van der Waals surface area (Å²) in [5.41, 5.74) is 6.32. The van der Waals surface area contributed by atoms with E-state index in [1.165, 1.54) is 13.4 Å². The molecule has 2 rings (SSSR count). The van der Waals surface area contributed by atoms with E-state index in [9.17, 15) is 0 Å². The lowest BCUT2D eigenvalue weighted by Crippen LogP contribution is -2.41. The van der Waals surface area contributed by atoms with Crippen LogP contribution < -0.4 is 15.8 Å². The second-order valence-electron chi connectivity index (χ2n) is 4.04. The van der Waals surface area contributed by atoms with Crippen molar-refractivity contribution in [3.05, 3.63) is 6.33 Å². The minimum atomic E-state index is 0.363. The monoisotopic (exact) mass is 238 g/mol. The third-order valence-electron chi connectivity index (χ3n) is 2.88. The van der Waals surface area contributed by atoms with E-state index in [1.807, 2.05) is 6.92 Å². The molecule has 0 saturated heterocycles. The van der Waals surface area contributed by atoms with Crippen LogP contribution in [0, 0.1) is 0 Å². The SMILES string of the molecule is CCOC1CC(Nc2ncnc(OC)c2N)C1. The molecule has 0 radical (unpaired) electrons. The number of methoxy groups -OCH3 is 1. The summed E-state index contributed by atoms with van der Waals surface area (Å²) in [5, 5.41) is 3.27. The second-order valence-corrected chi connectivity index (χ2v) is 4.04. The van der Waals surface area contributed by atoms with Gasteiger partial charge in [0.15, 0.2) is 5.82 Å². The Hall–Kier alpha value is -1.56. The lowest BCUT2D eigenvalue weighted by Gasteiger charge is -2.35. The summed E-state index contributed by atoms with van der Waals surface area (Å²) in [6.07, 6.45) is 3.78. The van der Waals surface area contributed by atoms with E-state index < -0.39 is 0 Å². The number of nitrogens with zero attached hydrogens (tertiary/aromatic N) is 2. The van der Waals surface area contributed by atoms with Crippen LogP contribution in [0.5, 0.6) is 5.88 Å². The van der Waals surface area contributed by atoms with Gasteiger partial charge in [0, 0.05) is 12.6 Å². The lowest BCUT2D eigenvalue weighted by molar-refractivity contribution is 0.00293. The van der Waals surface area contributed by atoms with E-state index >= 15 is 0 Å². The standard InChI is InChI=1S/C11H18N4O2/c1-3-17-8-4-7(5-8)15-10-9(12)11(16-2)14-6-13-10/h6-8H,3-5,12H2,1-2H3,(H,13,14,15). The van der Waals surface area contributed by atoms with Gasteiger partial charge in [-0.1, -0.05) is 0 Å². The zero-order valence-corrected chi connectivity index (χ0v) is 10.1. The van der Waals surface area contributed by atoms with Crippen molar-refractivity contribution in [2.75, 3.05) is 24.8 Å². The summed E-state index contributed by atoms with van der Waals surface area (Å²) in [6, 6.07) is 0.369. The summed E-state index contributed by atoms with van der Waals surface area (Å²) in [7, 11) is 1.54. The zero-order chi connectivity index (χ0) is 12.3. The largest absolute Gasteiger partial charge is 0.479 e. The van der Waals surface area contributed by atoms with Crippen molar-refractivity contribution in [3.63, 3.8) is 0 Å². The van der Waals surface area contributed by atoms with Gasteiger partial charge in [-0.2, -0.15) is 4.98 Å². The highest BCUT2D eigenvalue weighted by molar-refractivity contribution is 5.66. The third-order valence-corrected chi connectivity index (χ3v) is 2.88. The topological polar surface area (TPSA) is 82.3 Å². The molecule has 0 aliphatic heterocycles. The maximum Gasteiger partial charge on any atom is 0.242 e. The second kappa shape index (κ2) is 5.18. The number of anilines is 2. The minimum Gasteiger partial charge on any atom is -0.479 e. The molecule has 1 aliphatic rings. The number of nitrogen functional groups attached to an aromatic ring is 1. The quantitative estimate of drug-likeness (QED) is 0.797. The van der Waals surface area contributed by atoms with Gasteiger partial charge in [0.2, 0.25) is 5.88 Å². The Bertz CT molecular complexity index is 380. The van der Waals surface area contributed by atoms with Crippen molar-refractivity contribution in [1.82, 2.24) is 9.97 Å². The van der Waals surface area contributed by atoms with Crippen molar-refractivity contribution in [1.29, 1.82) is 0 Å². The number of aromatic nitrogens is 2. The highest BCUT2D eigenvalue weighted by Gasteiger charge is 2.30. The molecule has 0 aromatic carbocycles. The normalized spacial score (nSPS) is 22.9. The van der Waals surface area contributed by atoms with E-state index in [4.69, 9.17) is 15.2 Å². The molecule has 1 aliphatic carbocycles. The molecule has 0 atom stereocenters. The molecule has 3 N–H and O–H groups in total. The molecule has 1 aromatic heterocycles. The van der Waals surface area contributed by atoms with Crippen molar-refractivity contribution in [2.24, 2.45) is 0 Å². The summed E-state index contributed by atoms with van der Waals surface area (Å²) < 4.78 is 10.5. The van der Waals surface area contributed by atoms with Gasteiger partial charge in [-0.25, -0.2) is 4.98 Å². The molecule has 1 heterocycles. The van der Waals surface area contributed by atoms with Gasteiger partial charge < -0.3 is 20.5 Å². The fraction of sp³-hybridized carbons (Fsp3) is 0.636. The van der Waals surface area contributed by atoms with E-state index in [0.29, 0.717) is 29.5 Å². The van der Waals surface area contributed by atoms with Crippen LogP contribution in [0.3, 0.4) is 0 Å². The minimum absolute atomic E-state index is 0.363. The van der Waals surface area contributed by atoms with Gasteiger partial charge in [0.25, 0.3) is 0 Å². The van der Waals surface area contributed by atoms with Crippen LogP contribution in [0.2, 0.25) is 0 Å². The first-order valence-corrected chi connectivity index (χ1v) is 5.77. The van der Waals surface area contributed by atoms with Crippen LogP contribution in [-0.4, -0.2) is 35.8 Å². The van der Waals surface area contributed by atoms with Crippen LogP contribution in [0.25, 0.3) is 0 Å². The number of hydrogen-bond donors (Lipinski definition) is 2. The van der Waals surface area contributed by atoms with Gasteiger partial charge in [0.05, 0.1) is 13.2 Å². The Kier molecular flexibility index (Phi) is 3.63. The number of ether oxygens (including phenoxy) is 2. The Labute approximate surface area is 101 Å². The predicted molar refractivity (Wildman–Crippen MR) is 65.1 cm³/mol. The average molecular weight is 238 g/mol. The Balaban J connectivity index is 1.92. The molecule has 6 heteroatoms. The highest BCUT2D eigenvalue weighted by Crippen LogP contribution is 2.30. The lowest BCUT2D eigenvalue weighted by atomic mass is 9.89. The first-order chi connectivity index (χ1) is 8.24. The average Bonchev–Trinajstić information content (AvgIpc) is 2.28. The smallest absolute Gasteiger partial charge is 0.242 e. The maximum absolute atomic E-state index is 5.87.